The maximum absolute atomic E-state index is 13.2. The quantitative estimate of drug-likeness (QED) is 0.806. The highest BCUT2D eigenvalue weighted by Gasteiger charge is 2.18. The molecule has 0 saturated carbocycles. The van der Waals surface area contributed by atoms with Gasteiger partial charge in [0.25, 0.3) is 0 Å². The number of aromatic amines is 1. The number of halogens is 3. The van der Waals surface area contributed by atoms with Gasteiger partial charge in [-0.1, -0.05) is 6.92 Å². The van der Waals surface area contributed by atoms with Crippen molar-refractivity contribution in [3.63, 3.8) is 0 Å². The molecule has 0 fully saturated rings. The fourth-order valence-corrected chi connectivity index (χ4v) is 1.88. The van der Waals surface area contributed by atoms with Crippen LogP contribution in [-0.4, -0.2) is 11.5 Å². The highest BCUT2D eigenvalue weighted by molar-refractivity contribution is 5.29. The molecule has 0 aliphatic carbocycles. The Morgan fingerprint density at radius 1 is 1.22 bits per heavy atom. The third kappa shape index (κ3) is 2.41. The molecule has 1 heterocycles. The molecule has 2 nitrogen and oxygen atoms in total. The first kappa shape index (κ1) is 12.7. The number of benzene rings is 1. The van der Waals surface area contributed by atoms with Crippen molar-refractivity contribution in [2.24, 2.45) is 0 Å². The van der Waals surface area contributed by atoms with Gasteiger partial charge in [0.2, 0.25) is 0 Å². The van der Waals surface area contributed by atoms with Crippen LogP contribution in [0.3, 0.4) is 0 Å². The third-order valence-corrected chi connectivity index (χ3v) is 2.68. The standard InChI is InChI=1S/C13H13F3N2/c1-2-17-13(11-4-3-5-18-11)8-6-9(14)12(16)10(15)7-8/h3-7,13,17-18H,2H2,1H3. The molecule has 18 heavy (non-hydrogen) atoms. The van der Waals surface area contributed by atoms with Gasteiger partial charge in [0.15, 0.2) is 17.5 Å². The highest BCUT2D eigenvalue weighted by atomic mass is 19.2. The van der Waals surface area contributed by atoms with Crippen molar-refractivity contribution in [3.05, 3.63) is 59.2 Å². The highest BCUT2D eigenvalue weighted by Crippen LogP contribution is 2.24. The molecule has 2 N–H and O–H groups in total. The fraction of sp³-hybridized carbons (Fsp3) is 0.231. The molecule has 5 heteroatoms. The Morgan fingerprint density at radius 2 is 1.89 bits per heavy atom. The van der Waals surface area contributed by atoms with E-state index in [-0.39, 0.29) is 0 Å². The van der Waals surface area contributed by atoms with Gasteiger partial charge in [0.1, 0.15) is 0 Å². The summed E-state index contributed by atoms with van der Waals surface area (Å²) in [5, 5.41) is 3.09. The van der Waals surface area contributed by atoms with Crippen molar-refractivity contribution in [2.45, 2.75) is 13.0 Å². The molecule has 2 aromatic rings. The Morgan fingerprint density at radius 3 is 2.39 bits per heavy atom. The third-order valence-electron chi connectivity index (χ3n) is 2.68. The van der Waals surface area contributed by atoms with Gasteiger partial charge in [-0.3, -0.25) is 0 Å². The average Bonchev–Trinajstić information content (AvgIpc) is 2.86. The normalized spacial score (nSPS) is 12.7. The molecule has 0 bridgehead atoms. The molecule has 0 spiro atoms. The van der Waals surface area contributed by atoms with Gasteiger partial charge in [-0.05, 0) is 36.4 Å². The first-order chi connectivity index (χ1) is 8.63. The second-order valence-corrected chi connectivity index (χ2v) is 3.91. The number of H-pyrrole nitrogens is 1. The lowest BCUT2D eigenvalue weighted by molar-refractivity contribution is 0.442. The Balaban J connectivity index is 2.43. The second kappa shape index (κ2) is 5.27. The van der Waals surface area contributed by atoms with Crippen LogP contribution in [0.2, 0.25) is 0 Å². The van der Waals surface area contributed by atoms with Gasteiger partial charge < -0.3 is 10.3 Å². The minimum Gasteiger partial charge on any atom is -0.363 e. The molecule has 1 unspecified atom stereocenters. The van der Waals surface area contributed by atoms with E-state index in [1.165, 1.54) is 0 Å². The minimum absolute atomic E-state index is 0.343. The molecule has 1 atom stereocenters. The number of aromatic nitrogens is 1. The molecule has 1 aromatic heterocycles. The Kier molecular flexibility index (Phi) is 3.72. The summed E-state index contributed by atoms with van der Waals surface area (Å²) in [7, 11) is 0. The zero-order valence-corrected chi connectivity index (χ0v) is 9.81. The molecule has 0 aliphatic rings. The maximum atomic E-state index is 13.2. The topological polar surface area (TPSA) is 27.8 Å². The van der Waals surface area contributed by atoms with Crippen LogP contribution in [0, 0.1) is 17.5 Å². The van der Waals surface area contributed by atoms with Crippen molar-refractivity contribution < 1.29 is 13.2 Å². The van der Waals surface area contributed by atoms with Crippen LogP contribution in [0.5, 0.6) is 0 Å². The predicted octanol–water partition coefficient (Wildman–Crippen LogP) is 3.13. The lowest BCUT2D eigenvalue weighted by atomic mass is 10.0. The van der Waals surface area contributed by atoms with E-state index in [1.807, 2.05) is 6.92 Å². The fourth-order valence-electron chi connectivity index (χ4n) is 1.88. The summed E-state index contributed by atoms with van der Waals surface area (Å²) >= 11 is 0. The second-order valence-electron chi connectivity index (χ2n) is 3.91. The largest absolute Gasteiger partial charge is 0.363 e. The van der Waals surface area contributed by atoms with E-state index in [0.717, 1.165) is 17.8 Å². The van der Waals surface area contributed by atoms with Crippen molar-refractivity contribution in [2.75, 3.05) is 6.54 Å². The van der Waals surface area contributed by atoms with Crippen molar-refractivity contribution in [1.29, 1.82) is 0 Å². The summed E-state index contributed by atoms with van der Waals surface area (Å²) in [4.78, 5) is 2.97. The summed E-state index contributed by atoms with van der Waals surface area (Å²) in [6.45, 7) is 2.50. The van der Waals surface area contributed by atoms with Crippen molar-refractivity contribution in [1.82, 2.24) is 10.3 Å². The van der Waals surface area contributed by atoms with Crippen LogP contribution in [0.4, 0.5) is 13.2 Å². The summed E-state index contributed by atoms with van der Waals surface area (Å²) in [5.41, 5.74) is 1.11. The van der Waals surface area contributed by atoms with Crippen LogP contribution in [0.15, 0.2) is 30.5 Å². The minimum atomic E-state index is -1.44. The zero-order chi connectivity index (χ0) is 13.1. The molecule has 1 aromatic carbocycles. The van der Waals surface area contributed by atoms with E-state index >= 15 is 0 Å². The van der Waals surface area contributed by atoms with E-state index in [2.05, 4.69) is 10.3 Å². The van der Waals surface area contributed by atoms with Crippen molar-refractivity contribution >= 4 is 0 Å². The summed E-state index contributed by atoms with van der Waals surface area (Å²) < 4.78 is 39.4. The molecule has 2 rings (SSSR count). The van der Waals surface area contributed by atoms with Crippen LogP contribution in [0.1, 0.15) is 24.2 Å². The lowest BCUT2D eigenvalue weighted by Gasteiger charge is -2.17. The van der Waals surface area contributed by atoms with Gasteiger partial charge in [0.05, 0.1) is 6.04 Å². The lowest BCUT2D eigenvalue weighted by Crippen LogP contribution is -2.22. The van der Waals surface area contributed by atoms with Gasteiger partial charge in [-0.2, -0.15) is 0 Å². The molecular formula is C13H13F3N2. The molecular weight excluding hydrogens is 241 g/mol. The monoisotopic (exact) mass is 254 g/mol. The summed E-state index contributed by atoms with van der Waals surface area (Å²) in [6.07, 6.45) is 1.72. The van der Waals surface area contributed by atoms with Gasteiger partial charge >= 0.3 is 0 Å². The first-order valence-electron chi connectivity index (χ1n) is 5.64. The first-order valence-corrected chi connectivity index (χ1v) is 5.64. The van der Waals surface area contributed by atoms with Crippen LogP contribution in [-0.2, 0) is 0 Å². The predicted molar refractivity (Wildman–Crippen MR) is 62.6 cm³/mol. The molecule has 0 radical (unpaired) electrons. The molecule has 0 amide bonds. The summed E-state index contributed by atoms with van der Waals surface area (Å²) in [5.74, 6) is -3.81. The van der Waals surface area contributed by atoms with E-state index in [0.29, 0.717) is 12.1 Å². The summed E-state index contributed by atoms with van der Waals surface area (Å²) in [6, 6.07) is 5.20. The van der Waals surface area contributed by atoms with Gasteiger partial charge in [-0.15, -0.1) is 0 Å². The van der Waals surface area contributed by atoms with E-state index in [1.54, 1.807) is 18.3 Å². The number of hydrogen-bond donors (Lipinski definition) is 2. The smallest absolute Gasteiger partial charge is 0.194 e. The zero-order valence-electron chi connectivity index (χ0n) is 9.81. The Bertz CT molecular complexity index is 500. The van der Waals surface area contributed by atoms with Crippen LogP contribution >= 0.6 is 0 Å². The molecule has 0 saturated heterocycles. The van der Waals surface area contributed by atoms with Crippen LogP contribution in [0.25, 0.3) is 0 Å². The SMILES string of the molecule is CCNC(c1cc(F)c(F)c(F)c1)c1ccc[nH]1. The number of rotatable bonds is 4. The molecule has 96 valence electrons. The van der Waals surface area contributed by atoms with Gasteiger partial charge in [-0.25, -0.2) is 13.2 Å². The number of hydrogen-bond acceptors (Lipinski definition) is 1. The maximum Gasteiger partial charge on any atom is 0.194 e. The van der Waals surface area contributed by atoms with Crippen LogP contribution < -0.4 is 5.32 Å². The Labute approximate surface area is 103 Å². The number of nitrogens with one attached hydrogen (secondary N) is 2. The van der Waals surface area contributed by atoms with E-state index < -0.39 is 23.5 Å². The average molecular weight is 254 g/mol. The van der Waals surface area contributed by atoms with Crippen molar-refractivity contribution in [3.8, 4) is 0 Å². The van der Waals surface area contributed by atoms with E-state index in [9.17, 15) is 13.2 Å². The Hall–Kier alpha value is -1.75. The van der Waals surface area contributed by atoms with Gasteiger partial charge in [0, 0.05) is 11.9 Å². The molecule has 0 aliphatic heterocycles. The van der Waals surface area contributed by atoms with E-state index in [4.69, 9.17) is 0 Å².